The molecule has 16 nitrogen and oxygen atoms in total. The maximum atomic E-state index is 14.9. The number of β-amino-alcohol motifs (C(OH)–C–C–N with tert-alkyl or cyclic N) is 1. The number of nitriles is 1. The van der Waals surface area contributed by atoms with Crippen LogP contribution in [-0.2, 0) is 14.4 Å². The maximum absolute atomic E-state index is 14.9. The van der Waals surface area contributed by atoms with E-state index in [0.717, 1.165) is 5.56 Å². The molecule has 326 valence electrons. The fourth-order valence-electron chi connectivity index (χ4n) is 7.71. The number of aliphatic hydroxyl groups excluding tert-OH is 1. The first-order chi connectivity index (χ1) is 29.7. The highest BCUT2D eigenvalue weighted by Gasteiger charge is 2.40. The number of carbonyl (C=O) groups excluding carboxylic acids is 4. The summed E-state index contributed by atoms with van der Waals surface area (Å²) >= 11 is 0. The first-order valence-electron chi connectivity index (χ1n) is 20.6. The molecule has 4 amide bonds. The SMILES string of the molecule is COc1cccc(F)c1-c1nccc(C(=O)Nc2ccc(-c3cnccc3C#N)cc2N2CCN(CC(=O)NCCCC(=O)N[C@H](C(=O)N3C[C@H](O)C[C@H]3C)C(C)(C)C)CC2)n1. The van der Waals surface area contributed by atoms with Crippen molar-refractivity contribution in [2.45, 2.75) is 65.1 Å². The lowest BCUT2D eigenvalue weighted by molar-refractivity contribution is -0.140. The van der Waals surface area contributed by atoms with Crippen LogP contribution in [0.15, 0.2) is 67.1 Å². The summed E-state index contributed by atoms with van der Waals surface area (Å²) in [6, 6.07) is 14.2. The molecule has 6 rings (SSSR count). The summed E-state index contributed by atoms with van der Waals surface area (Å²) in [6.45, 7) is 10.3. The molecule has 0 unspecified atom stereocenters. The number of halogens is 1. The monoisotopic (exact) mass is 848 g/mol. The molecule has 2 aromatic carbocycles. The van der Waals surface area contributed by atoms with Gasteiger partial charge >= 0.3 is 0 Å². The number of pyridine rings is 1. The van der Waals surface area contributed by atoms with Gasteiger partial charge in [0.2, 0.25) is 17.7 Å². The zero-order valence-corrected chi connectivity index (χ0v) is 35.7. The van der Waals surface area contributed by atoms with Crippen molar-refractivity contribution in [1.82, 2.24) is 35.4 Å². The largest absolute Gasteiger partial charge is 0.496 e. The number of benzene rings is 2. The lowest BCUT2D eigenvalue weighted by Gasteiger charge is -2.36. The fraction of sp³-hybridized carbons (Fsp3) is 0.422. The lowest BCUT2D eigenvalue weighted by Crippen LogP contribution is -2.55. The van der Waals surface area contributed by atoms with E-state index in [1.54, 1.807) is 41.6 Å². The molecule has 4 aromatic rings. The Morgan fingerprint density at radius 1 is 1.05 bits per heavy atom. The number of amides is 4. The zero-order valence-electron chi connectivity index (χ0n) is 35.7. The molecule has 62 heavy (non-hydrogen) atoms. The van der Waals surface area contributed by atoms with E-state index in [-0.39, 0.29) is 72.6 Å². The van der Waals surface area contributed by atoms with Crippen LogP contribution in [0.1, 0.15) is 63.0 Å². The van der Waals surface area contributed by atoms with Crippen LogP contribution in [0.25, 0.3) is 22.5 Å². The van der Waals surface area contributed by atoms with E-state index < -0.39 is 29.3 Å². The van der Waals surface area contributed by atoms with E-state index in [2.05, 4.69) is 41.9 Å². The van der Waals surface area contributed by atoms with Gasteiger partial charge in [-0.15, -0.1) is 0 Å². The molecule has 2 saturated heterocycles. The minimum Gasteiger partial charge on any atom is -0.496 e. The summed E-state index contributed by atoms with van der Waals surface area (Å²) in [5, 5.41) is 28.6. The second-order valence-electron chi connectivity index (χ2n) is 16.6. The third kappa shape index (κ3) is 10.9. The van der Waals surface area contributed by atoms with Crippen LogP contribution in [0.5, 0.6) is 5.75 Å². The number of nitrogens with one attached hydrogen (secondary N) is 3. The summed E-state index contributed by atoms with van der Waals surface area (Å²) in [6.07, 6.45) is 4.98. The molecular weight excluding hydrogens is 796 g/mol. The molecule has 2 aromatic heterocycles. The number of piperazine rings is 1. The van der Waals surface area contributed by atoms with E-state index in [9.17, 15) is 33.9 Å². The number of aromatic nitrogens is 3. The predicted molar refractivity (Wildman–Crippen MR) is 230 cm³/mol. The van der Waals surface area contributed by atoms with Gasteiger partial charge < -0.3 is 35.6 Å². The molecule has 0 radical (unpaired) electrons. The molecule has 2 aliphatic heterocycles. The molecule has 0 aliphatic carbocycles. The van der Waals surface area contributed by atoms with Crippen LogP contribution >= 0.6 is 0 Å². The summed E-state index contributed by atoms with van der Waals surface area (Å²) in [7, 11) is 1.41. The van der Waals surface area contributed by atoms with Crippen LogP contribution in [0, 0.1) is 22.6 Å². The van der Waals surface area contributed by atoms with Gasteiger partial charge in [-0.05, 0) is 67.1 Å². The van der Waals surface area contributed by atoms with E-state index in [1.807, 2.05) is 38.7 Å². The number of ether oxygens (including phenoxy) is 1. The Morgan fingerprint density at radius 2 is 1.82 bits per heavy atom. The summed E-state index contributed by atoms with van der Waals surface area (Å²) in [5.74, 6) is -1.62. The minimum absolute atomic E-state index is 0.00346. The van der Waals surface area contributed by atoms with E-state index in [0.29, 0.717) is 61.5 Å². The third-order valence-corrected chi connectivity index (χ3v) is 11.0. The minimum atomic E-state index is -0.750. The lowest BCUT2D eigenvalue weighted by atomic mass is 9.85. The molecule has 17 heteroatoms. The van der Waals surface area contributed by atoms with Gasteiger partial charge in [0.05, 0.1) is 48.3 Å². The number of carbonyl (C=O) groups is 4. The van der Waals surface area contributed by atoms with Crippen LogP contribution in [0.4, 0.5) is 15.8 Å². The van der Waals surface area contributed by atoms with Gasteiger partial charge in [0.15, 0.2) is 5.82 Å². The Morgan fingerprint density at radius 3 is 2.52 bits per heavy atom. The first kappa shape index (κ1) is 45.0. The van der Waals surface area contributed by atoms with E-state index in [1.165, 1.54) is 31.5 Å². The second kappa shape index (κ2) is 19.9. The van der Waals surface area contributed by atoms with Gasteiger partial charge in [-0.1, -0.05) is 32.9 Å². The van der Waals surface area contributed by atoms with Crippen LogP contribution in [0.2, 0.25) is 0 Å². The molecule has 3 atom stereocenters. The standard InChI is InChI=1S/C45H53FN10O6/c1-28-22-31(57)26-56(28)44(61)41(45(2,3)4)53-38(58)10-7-15-49-39(59)27-54-18-20-55(21-19-54)36-23-29(32-25-48-16-13-30(32)24-47)11-12-34(36)52-43(60)35-14-17-50-42(51-35)40-33(46)8-6-9-37(40)62-5/h6,8-9,11-14,16-17,23,25,28,31,41,57H,7,10,15,18-22,26-27H2,1-5H3,(H,49,59)(H,52,60)(H,53,58)/t28-,31-,41-/m1/s1. The quantitative estimate of drug-likeness (QED) is 0.133. The van der Waals surface area contributed by atoms with Crippen molar-refractivity contribution >= 4 is 35.0 Å². The highest BCUT2D eigenvalue weighted by molar-refractivity contribution is 6.05. The van der Waals surface area contributed by atoms with Crippen molar-refractivity contribution in [2.24, 2.45) is 5.41 Å². The number of likely N-dealkylation sites (tertiary alicyclic amines) is 1. The smallest absolute Gasteiger partial charge is 0.274 e. The van der Waals surface area contributed by atoms with Crippen molar-refractivity contribution in [3.05, 3.63) is 84.2 Å². The van der Waals surface area contributed by atoms with Crippen LogP contribution < -0.4 is 25.6 Å². The average Bonchev–Trinajstić information content (AvgIpc) is 3.61. The number of aliphatic hydroxyl groups is 1. The predicted octanol–water partition coefficient (Wildman–Crippen LogP) is 4.01. The van der Waals surface area contributed by atoms with Crippen molar-refractivity contribution < 1.29 is 33.4 Å². The van der Waals surface area contributed by atoms with Gasteiger partial charge in [0.1, 0.15) is 23.3 Å². The van der Waals surface area contributed by atoms with E-state index >= 15 is 0 Å². The van der Waals surface area contributed by atoms with Gasteiger partial charge in [-0.25, -0.2) is 14.4 Å². The molecule has 2 fully saturated rings. The fourth-order valence-corrected chi connectivity index (χ4v) is 7.71. The first-order valence-corrected chi connectivity index (χ1v) is 20.6. The Balaban J connectivity index is 1.07. The summed E-state index contributed by atoms with van der Waals surface area (Å²) in [4.78, 5) is 71.6. The van der Waals surface area contributed by atoms with Crippen molar-refractivity contribution in [2.75, 3.05) is 63.1 Å². The highest BCUT2D eigenvalue weighted by atomic mass is 19.1. The molecule has 0 bridgehead atoms. The zero-order chi connectivity index (χ0) is 44.6. The number of rotatable bonds is 14. The number of hydrogen-bond acceptors (Lipinski definition) is 12. The third-order valence-electron chi connectivity index (χ3n) is 11.0. The Labute approximate surface area is 360 Å². The normalized spacial score (nSPS) is 17.2. The Kier molecular flexibility index (Phi) is 14.5. The van der Waals surface area contributed by atoms with Gasteiger partial charge in [0, 0.05) is 75.9 Å². The number of methoxy groups -OCH3 is 1. The molecule has 4 heterocycles. The molecular formula is C45H53FN10O6. The number of nitrogens with zero attached hydrogens (tertiary/aromatic N) is 7. The molecule has 0 spiro atoms. The van der Waals surface area contributed by atoms with Crippen molar-refractivity contribution in [3.8, 4) is 34.3 Å². The highest BCUT2D eigenvalue weighted by Crippen LogP contribution is 2.35. The molecule has 0 saturated carbocycles. The van der Waals surface area contributed by atoms with Gasteiger partial charge in [-0.3, -0.25) is 29.1 Å². The summed E-state index contributed by atoms with van der Waals surface area (Å²) < 4.78 is 20.2. The maximum Gasteiger partial charge on any atom is 0.274 e. The van der Waals surface area contributed by atoms with Crippen molar-refractivity contribution in [1.29, 1.82) is 5.26 Å². The summed E-state index contributed by atoms with van der Waals surface area (Å²) in [5.41, 5.74) is 2.43. The number of hydrogen-bond donors (Lipinski definition) is 4. The van der Waals surface area contributed by atoms with Gasteiger partial charge in [-0.2, -0.15) is 5.26 Å². The number of anilines is 2. The van der Waals surface area contributed by atoms with Crippen LogP contribution in [0.3, 0.4) is 0 Å². The molecule has 2 aliphatic rings. The van der Waals surface area contributed by atoms with E-state index in [4.69, 9.17) is 4.74 Å². The van der Waals surface area contributed by atoms with Crippen LogP contribution in [-0.4, -0.2) is 125 Å². The van der Waals surface area contributed by atoms with Gasteiger partial charge in [0.25, 0.3) is 5.91 Å². The topological polar surface area (TPSA) is 206 Å². The average molecular weight is 849 g/mol. The Bertz CT molecular complexity index is 2320. The molecule has 4 N–H and O–H groups in total. The Hall–Kier alpha value is -6.51. The second-order valence-corrected chi connectivity index (χ2v) is 16.6. The van der Waals surface area contributed by atoms with Crippen molar-refractivity contribution in [3.63, 3.8) is 0 Å².